The number of rotatable bonds is 5. The molecule has 0 saturated heterocycles. The first-order valence-electron chi connectivity index (χ1n) is 10.0. The quantitative estimate of drug-likeness (QED) is 0.358. The van der Waals surface area contributed by atoms with Gasteiger partial charge in [0.2, 0.25) is 5.91 Å². The summed E-state index contributed by atoms with van der Waals surface area (Å²) >= 11 is 3.04. The lowest BCUT2D eigenvalue weighted by atomic mass is 10.1. The minimum atomic E-state index is -0.0472. The summed E-state index contributed by atoms with van der Waals surface area (Å²) < 4.78 is 3.17. The third kappa shape index (κ3) is 3.77. The average Bonchev–Trinajstić information content (AvgIpc) is 3.31. The molecule has 0 bridgehead atoms. The Bertz CT molecular complexity index is 1450. The van der Waals surface area contributed by atoms with Gasteiger partial charge in [-0.15, -0.1) is 10.2 Å². The number of amides is 1. The lowest BCUT2D eigenvalue weighted by Gasteiger charge is -2.09. The van der Waals surface area contributed by atoms with Crippen molar-refractivity contribution in [2.24, 2.45) is 0 Å². The second kappa shape index (κ2) is 7.94. The number of aromatic nitrogens is 4. The summed E-state index contributed by atoms with van der Waals surface area (Å²) in [7, 11) is 0. The molecule has 0 fully saturated rings. The number of carbonyl (C=O) groups excluding carboxylic acids is 1. The molecule has 0 aliphatic heterocycles. The van der Waals surface area contributed by atoms with Crippen molar-refractivity contribution in [2.45, 2.75) is 32.3 Å². The summed E-state index contributed by atoms with van der Waals surface area (Å²) in [5.41, 5.74) is 6.41. The van der Waals surface area contributed by atoms with E-state index in [9.17, 15) is 4.79 Å². The number of thiazole rings is 1. The molecule has 0 aliphatic rings. The van der Waals surface area contributed by atoms with Crippen molar-refractivity contribution in [3.63, 3.8) is 0 Å². The summed E-state index contributed by atoms with van der Waals surface area (Å²) in [4.78, 5) is 17.0. The summed E-state index contributed by atoms with van der Waals surface area (Å²) in [6.07, 6.45) is 0.372. The van der Waals surface area contributed by atoms with Gasteiger partial charge in [0.25, 0.3) is 0 Å². The molecule has 0 saturated carbocycles. The maximum absolute atomic E-state index is 12.5. The van der Waals surface area contributed by atoms with Crippen molar-refractivity contribution < 1.29 is 4.79 Å². The Morgan fingerprint density at radius 2 is 1.97 bits per heavy atom. The van der Waals surface area contributed by atoms with E-state index in [0.717, 1.165) is 26.5 Å². The highest BCUT2D eigenvalue weighted by atomic mass is 32.2. The monoisotopic (exact) mass is 447 g/mol. The third-order valence-electron chi connectivity index (χ3n) is 5.24. The summed E-state index contributed by atoms with van der Waals surface area (Å²) in [5.74, 6) is 0.562. The number of fused-ring (bicyclic) bond motifs is 4. The molecular formula is C23H21N5OS2. The van der Waals surface area contributed by atoms with Gasteiger partial charge in [-0.3, -0.25) is 9.20 Å². The Labute approximate surface area is 187 Å². The van der Waals surface area contributed by atoms with Crippen LogP contribution in [-0.2, 0) is 4.79 Å². The zero-order valence-corrected chi connectivity index (χ0v) is 19.1. The molecule has 31 heavy (non-hydrogen) atoms. The van der Waals surface area contributed by atoms with Crippen molar-refractivity contribution in [1.82, 2.24) is 19.6 Å². The van der Waals surface area contributed by atoms with E-state index in [1.807, 2.05) is 12.1 Å². The van der Waals surface area contributed by atoms with Gasteiger partial charge < -0.3 is 5.32 Å². The number of benzene rings is 2. The smallest absolute Gasteiger partial charge is 0.226 e. The fourth-order valence-corrected chi connectivity index (χ4v) is 5.59. The Morgan fingerprint density at radius 3 is 2.84 bits per heavy atom. The highest BCUT2D eigenvalue weighted by Crippen LogP contribution is 2.29. The second-order valence-corrected chi connectivity index (χ2v) is 9.70. The van der Waals surface area contributed by atoms with Crippen molar-refractivity contribution in [1.29, 1.82) is 0 Å². The number of thioether (sulfide) groups is 1. The normalized spacial score (nSPS) is 11.6. The predicted molar refractivity (Wildman–Crippen MR) is 128 cm³/mol. The van der Waals surface area contributed by atoms with Crippen LogP contribution in [0.2, 0.25) is 0 Å². The maximum atomic E-state index is 12.5. The Hall–Kier alpha value is -2.97. The van der Waals surface area contributed by atoms with E-state index >= 15 is 0 Å². The van der Waals surface area contributed by atoms with Crippen LogP contribution in [0.4, 0.5) is 5.13 Å². The van der Waals surface area contributed by atoms with Gasteiger partial charge in [-0.05, 0) is 55.7 Å². The first-order valence-corrected chi connectivity index (χ1v) is 11.8. The van der Waals surface area contributed by atoms with E-state index in [2.05, 4.69) is 76.0 Å². The number of anilines is 1. The van der Waals surface area contributed by atoms with E-state index in [1.54, 1.807) is 11.8 Å². The molecule has 5 aromatic rings. The largest absolute Gasteiger partial charge is 0.302 e. The number of aryl methyl sites for hydroxylation is 3. The molecule has 6 nitrogen and oxygen atoms in total. The lowest BCUT2D eigenvalue weighted by Crippen LogP contribution is -2.12. The highest BCUT2D eigenvalue weighted by Gasteiger charge is 2.14. The van der Waals surface area contributed by atoms with Crippen molar-refractivity contribution in [3.05, 3.63) is 59.2 Å². The van der Waals surface area contributed by atoms with Crippen LogP contribution in [0, 0.1) is 20.8 Å². The van der Waals surface area contributed by atoms with Gasteiger partial charge in [0.1, 0.15) is 0 Å². The number of nitrogens with zero attached hydrogens (tertiary/aromatic N) is 4. The fraction of sp³-hybridized carbons (Fsp3) is 0.217. The van der Waals surface area contributed by atoms with E-state index in [1.165, 1.54) is 33.4 Å². The first kappa shape index (κ1) is 20.0. The Morgan fingerprint density at radius 1 is 1.10 bits per heavy atom. The van der Waals surface area contributed by atoms with Gasteiger partial charge in [-0.25, -0.2) is 4.98 Å². The molecule has 8 heteroatoms. The number of nitrogens with one attached hydrogen (secondary N) is 1. The molecule has 0 unspecified atom stereocenters. The van der Waals surface area contributed by atoms with Crippen LogP contribution in [0.5, 0.6) is 0 Å². The SMILES string of the molecule is Cc1ccc2nc(NC(=O)CCSc3nnc4cc(C)c5cccc(C)c5n34)sc2c1. The Balaban J connectivity index is 1.31. The zero-order valence-electron chi connectivity index (χ0n) is 17.5. The topological polar surface area (TPSA) is 72.2 Å². The fourth-order valence-electron chi connectivity index (χ4n) is 3.73. The maximum Gasteiger partial charge on any atom is 0.226 e. The molecule has 0 radical (unpaired) electrons. The molecular weight excluding hydrogens is 426 g/mol. The summed E-state index contributed by atoms with van der Waals surface area (Å²) in [6, 6.07) is 14.4. The van der Waals surface area contributed by atoms with Gasteiger partial charge in [0.15, 0.2) is 15.9 Å². The van der Waals surface area contributed by atoms with E-state index in [0.29, 0.717) is 17.3 Å². The second-order valence-electron chi connectivity index (χ2n) is 7.61. The van der Waals surface area contributed by atoms with Crippen molar-refractivity contribution in [3.8, 4) is 0 Å². The standard InChI is InChI=1S/C23H21N5OS2/c1-13-7-8-17-18(11-13)31-22(24-17)25-20(29)9-10-30-23-27-26-19-12-15(3)16-6-4-5-14(2)21(16)28(19)23/h4-8,11-12H,9-10H2,1-3H3,(H,24,25,29). The molecule has 1 N–H and O–H groups in total. The number of hydrogen-bond donors (Lipinski definition) is 1. The molecule has 0 spiro atoms. The van der Waals surface area contributed by atoms with Crippen LogP contribution in [-0.4, -0.2) is 31.2 Å². The number of para-hydroxylation sites is 1. The highest BCUT2D eigenvalue weighted by molar-refractivity contribution is 7.99. The van der Waals surface area contributed by atoms with Crippen LogP contribution in [0.1, 0.15) is 23.1 Å². The number of carbonyl (C=O) groups is 1. The molecule has 3 aromatic heterocycles. The van der Waals surface area contributed by atoms with Crippen LogP contribution >= 0.6 is 23.1 Å². The predicted octanol–water partition coefficient (Wildman–Crippen LogP) is 5.54. The van der Waals surface area contributed by atoms with Gasteiger partial charge >= 0.3 is 0 Å². The number of pyridine rings is 1. The Kier molecular flexibility index (Phi) is 5.11. The number of hydrogen-bond acceptors (Lipinski definition) is 6. The minimum Gasteiger partial charge on any atom is -0.302 e. The van der Waals surface area contributed by atoms with E-state index in [-0.39, 0.29) is 5.91 Å². The van der Waals surface area contributed by atoms with Gasteiger partial charge in [0.05, 0.1) is 15.7 Å². The van der Waals surface area contributed by atoms with Crippen LogP contribution in [0.25, 0.3) is 26.8 Å². The molecule has 156 valence electrons. The molecule has 2 aromatic carbocycles. The molecule has 1 amide bonds. The minimum absolute atomic E-state index is 0.0472. The van der Waals surface area contributed by atoms with E-state index in [4.69, 9.17) is 0 Å². The summed E-state index contributed by atoms with van der Waals surface area (Å²) in [6.45, 7) is 6.24. The van der Waals surface area contributed by atoms with Gasteiger partial charge in [0, 0.05) is 17.6 Å². The van der Waals surface area contributed by atoms with Crippen LogP contribution in [0.3, 0.4) is 0 Å². The first-order chi connectivity index (χ1) is 15.0. The average molecular weight is 448 g/mol. The van der Waals surface area contributed by atoms with E-state index < -0.39 is 0 Å². The molecule has 3 heterocycles. The third-order valence-corrected chi connectivity index (χ3v) is 7.11. The van der Waals surface area contributed by atoms with Crippen molar-refractivity contribution in [2.75, 3.05) is 11.1 Å². The van der Waals surface area contributed by atoms with Crippen LogP contribution < -0.4 is 5.32 Å². The lowest BCUT2D eigenvalue weighted by molar-refractivity contribution is -0.115. The zero-order chi connectivity index (χ0) is 21.5. The molecule has 5 rings (SSSR count). The van der Waals surface area contributed by atoms with Gasteiger partial charge in [-0.2, -0.15) is 0 Å². The van der Waals surface area contributed by atoms with Crippen LogP contribution in [0.15, 0.2) is 47.6 Å². The summed E-state index contributed by atoms with van der Waals surface area (Å²) in [5, 5.41) is 14.3. The molecule has 0 aliphatic carbocycles. The molecule has 0 atom stereocenters. The van der Waals surface area contributed by atoms with Gasteiger partial charge in [-0.1, -0.05) is 47.4 Å². The van der Waals surface area contributed by atoms with Crippen molar-refractivity contribution >= 4 is 60.9 Å².